The van der Waals surface area contributed by atoms with Crippen molar-refractivity contribution in [3.63, 3.8) is 0 Å². The lowest BCUT2D eigenvalue weighted by molar-refractivity contribution is -0.185. The Morgan fingerprint density at radius 2 is 2.03 bits per heavy atom. The summed E-state index contributed by atoms with van der Waals surface area (Å²) in [6.45, 7) is 7.22. The molecular weight excluding hydrogens is 370 g/mol. The van der Waals surface area contributed by atoms with Crippen molar-refractivity contribution in [3.05, 3.63) is 42.1 Å². The van der Waals surface area contributed by atoms with Crippen LogP contribution in [0, 0.1) is 0 Å². The minimum absolute atomic E-state index is 0.191. The Hall–Kier alpha value is -2.22. The minimum atomic E-state index is -1.05. The van der Waals surface area contributed by atoms with E-state index in [0.29, 0.717) is 12.2 Å². The molecule has 3 heterocycles. The fourth-order valence-corrected chi connectivity index (χ4v) is 4.41. The molecule has 2 atom stereocenters. The van der Waals surface area contributed by atoms with Gasteiger partial charge in [0.2, 0.25) is 0 Å². The summed E-state index contributed by atoms with van der Waals surface area (Å²) in [6, 6.07) is 10.6. The number of carbonyl (C=O) groups excluding carboxylic acids is 1. The standard InChI is InChI=1S/C22H29N3O4/c1-3-25-11-9-22(10-12-25)15-21(2,27)19(14-28-22)23-20(26)17-13-18(29-24-17)16-7-5-4-6-8-16/h4-8,13,19,27H,3,9-12,14-15H2,1-2H3,(H,23,26)/t19-,21-/m0/s1. The van der Waals surface area contributed by atoms with Crippen LogP contribution in [0.3, 0.4) is 0 Å². The van der Waals surface area contributed by atoms with Crippen LogP contribution in [0.4, 0.5) is 0 Å². The summed E-state index contributed by atoms with van der Waals surface area (Å²) >= 11 is 0. The Morgan fingerprint density at radius 1 is 1.31 bits per heavy atom. The number of nitrogens with zero attached hydrogens (tertiary/aromatic N) is 2. The van der Waals surface area contributed by atoms with Crippen LogP contribution in [-0.4, -0.2) is 64.6 Å². The van der Waals surface area contributed by atoms with E-state index in [4.69, 9.17) is 9.26 Å². The lowest BCUT2D eigenvalue weighted by Crippen LogP contribution is -2.63. The molecule has 0 aliphatic carbocycles. The molecule has 7 nitrogen and oxygen atoms in total. The third-order valence-corrected chi connectivity index (χ3v) is 6.31. The fraction of sp³-hybridized carbons (Fsp3) is 0.545. The zero-order valence-electron chi connectivity index (χ0n) is 17.1. The SMILES string of the molecule is CCN1CCC2(CC1)C[C@](C)(O)[C@@H](NC(=O)c1cc(-c3ccccc3)on1)CO2. The molecule has 29 heavy (non-hydrogen) atoms. The molecule has 1 spiro atoms. The third-order valence-electron chi connectivity index (χ3n) is 6.31. The van der Waals surface area contributed by atoms with Crippen molar-refractivity contribution < 1.29 is 19.2 Å². The molecule has 7 heteroatoms. The first-order valence-corrected chi connectivity index (χ1v) is 10.3. The molecule has 2 aliphatic heterocycles. The van der Waals surface area contributed by atoms with Crippen molar-refractivity contribution in [2.75, 3.05) is 26.2 Å². The second kappa shape index (κ2) is 7.89. The number of aliphatic hydroxyl groups is 1. The summed E-state index contributed by atoms with van der Waals surface area (Å²) in [4.78, 5) is 15.1. The van der Waals surface area contributed by atoms with E-state index in [9.17, 15) is 9.90 Å². The molecule has 0 saturated carbocycles. The maximum Gasteiger partial charge on any atom is 0.273 e. The average molecular weight is 399 g/mol. The lowest BCUT2D eigenvalue weighted by Gasteiger charge is -2.51. The van der Waals surface area contributed by atoms with Gasteiger partial charge in [-0.1, -0.05) is 42.4 Å². The first-order valence-electron chi connectivity index (χ1n) is 10.3. The van der Waals surface area contributed by atoms with E-state index >= 15 is 0 Å². The van der Waals surface area contributed by atoms with E-state index < -0.39 is 11.6 Å². The van der Waals surface area contributed by atoms with Gasteiger partial charge >= 0.3 is 0 Å². The molecule has 0 radical (unpaired) electrons. The van der Waals surface area contributed by atoms with E-state index in [2.05, 4.69) is 22.3 Å². The smallest absolute Gasteiger partial charge is 0.273 e. The molecule has 1 amide bonds. The van der Waals surface area contributed by atoms with E-state index in [1.807, 2.05) is 30.3 Å². The molecule has 2 fully saturated rings. The average Bonchev–Trinajstić information content (AvgIpc) is 3.21. The van der Waals surface area contributed by atoms with Gasteiger partial charge in [-0.25, -0.2) is 0 Å². The van der Waals surface area contributed by atoms with E-state index in [-0.39, 0.29) is 23.8 Å². The molecule has 0 unspecified atom stereocenters. The van der Waals surface area contributed by atoms with Crippen LogP contribution in [0.2, 0.25) is 0 Å². The predicted octanol–water partition coefficient (Wildman–Crippen LogP) is 2.47. The van der Waals surface area contributed by atoms with Crippen molar-refractivity contribution in [1.29, 1.82) is 0 Å². The van der Waals surface area contributed by atoms with Gasteiger partial charge in [-0.2, -0.15) is 0 Å². The molecule has 156 valence electrons. The van der Waals surface area contributed by atoms with Crippen molar-refractivity contribution in [2.24, 2.45) is 0 Å². The fourth-order valence-electron chi connectivity index (χ4n) is 4.41. The summed E-state index contributed by atoms with van der Waals surface area (Å²) in [5.41, 5.74) is -0.303. The first kappa shape index (κ1) is 20.1. The van der Waals surface area contributed by atoms with Crippen molar-refractivity contribution in [3.8, 4) is 11.3 Å². The van der Waals surface area contributed by atoms with Crippen LogP contribution in [0.5, 0.6) is 0 Å². The molecule has 2 N–H and O–H groups in total. The van der Waals surface area contributed by atoms with Gasteiger partial charge in [0.05, 0.1) is 23.9 Å². The Labute approximate surface area is 171 Å². The van der Waals surface area contributed by atoms with Crippen molar-refractivity contribution in [2.45, 2.75) is 50.4 Å². The Morgan fingerprint density at radius 3 is 2.69 bits per heavy atom. The number of carbonyl (C=O) groups is 1. The summed E-state index contributed by atoms with van der Waals surface area (Å²) in [5, 5.41) is 17.9. The summed E-state index contributed by atoms with van der Waals surface area (Å²) in [5.74, 6) is 0.158. The summed E-state index contributed by atoms with van der Waals surface area (Å²) in [6.07, 6.45) is 2.32. The van der Waals surface area contributed by atoms with Crippen molar-refractivity contribution >= 4 is 5.91 Å². The van der Waals surface area contributed by atoms with Crippen LogP contribution in [0.25, 0.3) is 11.3 Å². The number of benzene rings is 1. The maximum absolute atomic E-state index is 12.7. The topological polar surface area (TPSA) is 87.8 Å². The minimum Gasteiger partial charge on any atom is -0.388 e. The molecular formula is C22H29N3O4. The zero-order valence-corrected chi connectivity index (χ0v) is 17.1. The molecule has 2 saturated heterocycles. The van der Waals surface area contributed by atoms with Gasteiger partial charge in [-0.05, 0) is 26.3 Å². The number of likely N-dealkylation sites (tertiary alicyclic amines) is 1. The second-order valence-electron chi connectivity index (χ2n) is 8.43. The second-order valence-corrected chi connectivity index (χ2v) is 8.43. The number of nitrogens with one attached hydrogen (secondary N) is 1. The van der Waals surface area contributed by atoms with E-state index in [0.717, 1.165) is 38.0 Å². The highest BCUT2D eigenvalue weighted by molar-refractivity contribution is 5.93. The number of aromatic nitrogens is 1. The van der Waals surface area contributed by atoms with Gasteiger partial charge in [-0.3, -0.25) is 4.79 Å². The molecule has 1 aromatic heterocycles. The number of ether oxygens (including phenoxy) is 1. The molecule has 0 bridgehead atoms. The number of piperidine rings is 1. The molecule has 2 aliphatic rings. The maximum atomic E-state index is 12.7. The Balaban J connectivity index is 1.40. The first-order chi connectivity index (χ1) is 13.9. The van der Waals surface area contributed by atoms with Gasteiger partial charge in [0.25, 0.3) is 5.91 Å². The monoisotopic (exact) mass is 399 g/mol. The van der Waals surface area contributed by atoms with Crippen LogP contribution >= 0.6 is 0 Å². The van der Waals surface area contributed by atoms with Gasteiger partial charge in [0, 0.05) is 31.1 Å². The highest BCUT2D eigenvalue weighted by atomic mass is 16.5. The zero-order chi connectivity index (χ0) is 20.5. The number of hydrogen-bond donors (Lipinski definition) is 2. The molecule has 1 aromatic carbocycles. The molecule has 4 rings (SSSR count). The number of rotatable bonds is 4. The number of amides is 1. The van der Waals surface area contributed by atoms with Crippen molar-refractivity contribution in [1.82, 2.24) is 15.4 Å². The Kier molecular flexibility index (Phi) is 5.46. The van der Waals surface area contributed by atoms with Crippen LogP contribution < -0.4 is 5.32 Å². The quantitative estimate of drug-likeness (QED) is 0.821. The van der Waals surface area contributed by atoms with Crippen LogP contribution in [-0.2, 0) is 4.74 Å². The number of hydrogen-bond acceptors (Lipinski definition) is 6. The van der Waals surface area contributed by atoms with Gasteiger partial charge in [0.15, 0.2) is 11.5 Å². The van der Waals surface area contributed by atoms with Gasteiger partial charge in [-0.15, -0.1) is 0 Å². The summed E-state index contributed by atoms with van der Waals surface area (Å²) in [7, 11) is 0. The third kappa shape index (κ3) is 4.22. The van der Waals surface area contributed by atoms with Gasteiger partial charge < -0.3 is 24.6 Å². The Bertz CT molecular complexity index is 841. The largest absolute Gasteiger partial charge is 0.388 e. The van der Waals surface area contributed by atoms with E-state index in [1.165, 1.54) is 0 Å². The van der Waals surface area contributed by atoms with Gasteiger partial charge in [0.1, 0.15) is 0 Å². The highest BCUT2D eigenvalue weighted by Crippen LogP contribution is 2.39. The normalized spacial score (nSPS) is 27.1. The van der Waals surface area contributed by atoms with E-state index in [1.54, 1.807) is 13.0 Å². The molecule has 2 aromatic rings. The lowest BCUT2D eigenvalue weighted by atomic mass is 9.75. The summed E-state index contributed by atoms with van der Waals surface area (Å²) < 4.78 is 11.5. The van der Waals surface area contributed by atoms with Crippen LogP contribution in [0.1, 0.15) is 43.6 Å². The highest BCUT2D eigenvalue weighted by Gasteiger charge is 2.49. The predicted molar refractivity (Wildman–Crippen MR) is 108 cm³/mol. The van der Waals surface area contributed by atoms with Crippen LogP contribution in [0.15, 0.2) is 40.9 Å².